The summed E-state index contributed by atoms with van der Waals surface area (Å²) in [6.45, 7) is 3.46. The monoisotopic (exact) mass is 522 g/mol. The Morgan fingerprint density at radius 1 is 0.789 bits per heavy atom. The summed E-state index contributed by atoms with van der Waals surface area (Å²) in [6, 6.07) is 27.8. The van der Waals surface area contributed by atoms with E-state index in [1.54, 1.807) is 0 Å². The third-order valence-corrected chi connectivity index (χ3v) is 8.31. The van der Waals surface area contributed by atoms with Gasteiger partial charge in [0, 0.05) is 54.1 Å². The summed E-state index contributed by atoms with van der Waals surface area (Å²) in [6.07, 6.45) is 6.27. The van der Waals surface area contributed by atoms with Gasteiger partial charge in [0.1, 0.15) is 0 Å². The van der Waals surface area contributed by atoms with Crippen molar-refractivity contribution in [1.29, 1.82) is 0 Å². The van der Waals surface area contributed by atoms with Gasteiger partial charge in [0.25, 0.3) is 5.91 Å². The van der Waals surface area contributed by atoms with Crippen LogP contribution in [0.1, 0.15) is 36.0 Å². The average Bonchev–Trinajstić information content (AvgIpc) is 2.98. The molecule has 0 N–H and O–H groups in total. The van der Waals surface area contributed by atoms with Gasteiger partial charge in [0.05, 0.1) is 5.69 Å². The van der Waals surface area contributed by atoms with Gasteiger partial charge >= 0.3 is 0 Å². The summed E-state index contributed by atoms with van der Waals surface area (Å²) in [4.78, 5) is 27.4. The van der Waals surface area contributed by atoms with Gasteiger partial charge in [-0.15, -0.1) is 0 Å². The van der Waals surface area contributed by atoms with Crippen LogP contribution in [0.25, 0.3) is 22.4 Å². The highest BCUT2D eigenvalue weighted by atomic mass is 35.5. The lowest BCUT2D eigenvalue weighted by atomic mass is 9.72. The van der Waals surface area contributed by atoms with E-state index in [9.17, 15) is 4.79 Å². The van der Waals surface area contributed by atoms with E-state index in [2.05, 4.69) is 17.0 Å². The van der Waals surface area contributed by atoms with Crippen LogP contribution in [0.15, 0.2) is 91.1 Å². The Bertz CT molecular complexity index is 1400. The molecule has 0 unspecified atom stereocenters. The SMILES string of the molecule is O=C(c1ccccc1)N1CCC2(CCCN(c3ncc(-c4ccccc4)c(-c4ccc(Cl)cc4)n3)C2)CC1. The molecule has 38 heavy (non-hydrogen) atoms. The first kappa shape index (κ1) is 24.6. The lowest BCUT2D eigenvalue weighted by Crippen LogP contribution is -2.51. The number of likely N-dealkylation sites (tertiary alicyclic amines) is 1. The summed E-state index contributed by atoms with van der Waals surface area (Å²) in [5, 5.41) is 0.708. The predicted molar refractivity (Wildman–Crippen MR) is 153 cm³/mol. The number of carbonyl (C=O) groups excluding carboxylic acids is 1. The Balaban J connectivity index is 1.24. The summed E-state index contributed by atoms with van der Waals surface area (Å²) in [7, 11) is 0. The summed E-state index contributed by atoms with van der Waals surface area (Å²) < 4.78 is 0. The molecule has 0 radical (unpaired) electrons. The van der Waals surface area contributed by atoms with Crippen molar-refractivity contribution in [3.8, 4) is 22.4 Å². The largest absolute Gasteiger partial charge is 0.340 e. The van der Waals surface area contributed by atoms with Gasteiger partial charge in [-0.2, -0.15) is 0 Å². The number of nitrogens with zero attached hydrogens (tertiary/aromatic N) is 4. The highest BCUT2D eigenvalue weighted by Gasteiger charge is 2.40. The number of carbonyl (C=O) groups is 1. The van der Waals surface area contributed by atoms with E-state index in [1.165, 1.54) is 6.42 Å². The molecular weight excluding hydrogens is 492 g/mol. The van der Waals surface area contributed by atoms with Crippen molar-refractivity contribution in [2.45, 2.75) is 25.7 Å². The second kappa shape index (κ2) is 10.6. The van der Waals surface area contributed by atoms with Gasteiger partial charge in [-0.1, -0.05) is 72.3 Å². The minimum absolute atomic E-state index is 0.139. The molecule has 1 aromatic heterocycles. The maximum atomic E-state index is 13.0. The van der Waals surface area contributed by atoms with Crippen molar-refractivity contribution >= 4 is 23.5 Å². The first-order valence-electron chi connectivity index (χ1n) is 13.4. The molecule has 1 amide bonds. The van der Waals surface area contributed by atoms with Crippen LogP contribution in [0.2, 0.25) is 5.02 Å². The van der Waals surface area contributed by atoms with Gasteiger partial charge in [0.2, 0.25) is 5.95 Å². The number of halogens is 1. The summed E-state index contributed by atoms with van der Waals surface area (Å²) in [5.74, 6) is 0.914. The Morgan fingerprint density at radius 3 is 2.18 bits per heavy atom. The first-order chi connectivity index (χ1) is 18.6. The molecule has 0 saturated carbocycles. The number of benzene rings is 3. The Hall–Kier alpha value is -3.70. The molecule has 2 aliphatic heterocycles. The van der Waals surface area contributed by atoms with E-state index >= 15 is 0 Å². The van der Waals surface area contributed by atoms with Crippen molar-refractivity contribution in [2.75, 3.05) is 31.1 Å². The Labute approximate surface area is 229 Å². The fourth-order valence-corrected chi connectivity index (χ4v) is 6.04. The molecule has 192 valence electrons. The van der Waals surface area contributed by atoms with Gasteiger partial charge in [-0.25, -0.2) is 9.97 Å². The van der Waals surface area contributed by atoms with E-state index in [4.69, 9.17) is 21.6 Å². The number of hydrogen-bond donors (Lipinski definition) is 0. The molecule has 5 nitrogen and oxygen atoms in total. The zero-order valence-electron chi connectivity index (χ0n) is 21.4. The number of anilines is 1. The summed E-state index contributed by atoms with van der Waals surface area (Å²) >= 11 is 6.19. The van der Waals surface area contributed by atoms with Crippen LogP contribution in [-0.4, -0.2) is 47.0 Å². The zero-order valence-corrected chi connectivity index (χ0v) is 22.1. The Kier molecular flexibility index (Phi) is 6.86. The fourth-order valence-electron chi connectivity index (χ4n) is 5.92. The maximum Gasteiger partial charge on any atom is 0.253 e. The Morgan fingerprint density at radius 2 is 1.47 bits per heavy atom. The lowest BCUT2D eigenvalue weighted by Gasteiger charge is -2.47. The van der Waals surface area contributed by atoms with Gasteiger partial charge < -0.3 is 9.80 Å². The standard InChI is InChI=1S/C32H31ClN4O/c33-27-14-12-25(13-15-27)29-28(24-8-3-1-4-9-24)22-34-31(35-29)37-19-7-16-32(23-37)17-20-36(21-18-32)30(38)26-10-5-2-6-11-26/h1-6,8-15,22H,7,16-21,23H2. The van der Waals surface area contributed by atoms with Crippen molar-refractivity contribution in [3.63, 3.8) is 0 Å². The van der Waals surface area contributed by atoms with Gasteiger partial charge in [-0.05, 0) is 60.9 Å². The summed E-state index contributed by atoms with van der Waals surface area (Å²) in [5.41, 5.74) is 5.01. The number of amides is 1. The van der Waals surface area contributed by atoms with Gasteiger partial charge in [0.15, 0.2) is 0 Å². The van der Waals surface area contributed by atoms with Crippen LogP contribution in [0.3, 0.4) is 0 Å². The molecule has 2 fully saturated rings. The lowest BCUT2D eigenvalue weighted by molar-refractivity contribution is 0.0540. The van der Waals surface area contributed by atoms with Crippen LogP contribution in [0.5, 0.6) is 0 Å². The minimum Gasteiger partial charge on any atom is -0.340 e. The molecule has 3 heterocycles. The number of aromatic nitrogens is 2. The minimum atomic E-state index is 0.139. The molecule has 0 aliphatic carbocycles. The molecule has 1 spiro atoms. The molecule has 6 heteroatoms. The highest BCUT2D eigenvalue weighted by molar-refractivity contribution is 6.30. The molecule has 6 rings (SSSR count). The van der Waals surface area contributed by atoms with Crippen LogP contribution < -0.4 is 4.90 Å². The molecule has 0 atom stereocenters. The second-order valence-corrected chi connectivity index (χ2v) is 10.9. The smallest absolute Gasteiger partial charge is 0.253 e. The third-order valence-electron chi connectivity index (χ3n) is 8.05. The van der Waals surface area contributed by atoms with Crippen LogP contribution >= 0.6 is 11.6 Å². The van der Waals surface area contributed by atoms with E-state index in [-0.39, 0.29) is 11.3 Å². The van der Waals surface area contributed by atoms with Crippen LogP contribution in [-0.2, 0) is 0 Å². The average molecular weight is 523 g/mol. The van der Waals surface area contributed by atoms with Crippen molar-refractivity contribution in [1.82, 2.24) is 14.9 Å². The van der Waals surface area contributed by atoms with Crippen molar-refractivity contribution < 1.29 is 4.79 Å². The number of piperidine rings is 2. The number of rotatable bonds is 4. The molecule has 4 aromatic rings. The fraction of sp³-hybridized carbons (Fsp3) is 0.281. The second-order valence-electron chi connectivity index (χ2n) is 10.5. The van der Waals surface area contributed by atoms with E-state index in [1.807, 2.05) is 83.9 Å². The third kappa shape index (κ3) is 5.03. The van der Waals surface area contributed by atoms with Gasteiger partial charge in [-0.3, -0.25) is 4.79 Å². The predicted octanol–water partition coefficient (Wildman–Crippen LogP) is 6.99. The molecule has 3 aromatic carbocycles. The zero-order chi connectivity index (χ0) is 26.0. The quantitative estimate of drug-likeness (QED) is 0.290. The van der Waals surface area contributed by atoms with E-state index in [0.717, 1.165) is 79.3 Å². The van der Waals surface area contributed by atoms with Crippen LogP contribution in [0.4, 0.5) is 5.95 Å². The van der Waals surface area contributed by atoms with Crippen LogP contribution in [0, 0.1) is 5.41 Å². The maximum absolute atomic E-state index is 13.0. The van der Waals surface area contributed by atoms with Crippen molar-refractivity contribution in [3.05, 3.63) is 102 Å². The molecule has 0 bridgehead atoms. The molecular formula is C32H31ClN4O. The van der Waals surface area contributed by atoms with E-state index < -0.39 is 0 Å². The van der Waals surface area contributed by atoms with Crippen molar-refractivity contribution in [2.24, 2.45) is 5.41 Å². The normalized spacial score (nSPS) is 17.0. The first-order valence-corrected chi connectivity index (χ1v) is 13.8. The molecule has 2 saturated heterocycles. The molecule has 2 aliphatic rings. The topological polar surface area (TPSA) is 49.3 Å². The van der Waals surface area contributed by atoms with E-state index in [0.29, 0.717) is 5.02 Å². The highest BCUT2D eigenvalue weighted by Crippen LogP contribution is 2.41. The number of hydrogen-bond acceptors (Lipinski definition) is 4.